The average Bonchev–Trinajstić information content (AvgIpc) is 3.00. The number of esters is 1. The first-order valence-corrected chi connectivity index (χ1v) is 8.28. The van der Waals surface area contributed by atoms with Gasteiger partial charge in [0.15, 0.2) is 0 Å². The van der Waals surface area contributed by atoms with Gasteiger partial charge >= 0.3 is 5.97 Å². The molecule has 0 bridgehead atoms. The molecular formula is C16H28N2O3. The Balaban J connectivity index is 1.82. The Labute approximate surface area is 127 Å². The highest BCUT2D eigenvalue weighted by Gasteiger charge is 2.33. The molecule has 1 saturated carbocycles. The van der Waals surface area contributed by atoms with Crippen LogP contribution in [0.4, 0.5) is 0 Å². The predicted molar refractivity (Wildman–Crippen MR) is 80.8 cm³/mol. The molecule has 1 N–H and O–H groups in total. The van der Waals surface area contributed by atoms with Crippen LogP contribution < -0.4 is 5.32 Å². The molecule has 0 radical (unpaired) electrons. The van der Waals surface area contributed by atoms with Gasteiger partial charge in [-0.2, -0.15) is 0 Å². The molecule has 0 aromatic carbocycles. The van der Waals surface area contributed by atoms with Crippen LogP contribution >= 0.6 is 0 Å². The molecule has 120 valence electrons. The number of hydrogen-bond acceptors (Lipinski definition) is 4. The average molecular weight is 296 g/mol. The van der Waals surface area contributed by atoms with Crippen molar-refractivity contribution in [2.24, 2.45) is 5.92 Å². The van der Waals surface area contributed by atoms with Crippen molar-refractivity contribution < 1.29 is 14.3 Å². The third-order valence-corrected chi connectivity index (χ3v) is 4.79. The van der Waals surface area contributed by atoms with Crippen molar-refractivity contribution in [3.05, 3.63) is 0 Å². The fraction of sp³-hybridized carbons (Fsp3) is 0.875. The van der Waals surface area contributed by atoms with Gasteiger partial charge in [-0.25, -0.2) is 0 Å². The molecule has 2 fully saturated rings. The van der Waals surface area contributed by atoms with Gasteiger partial charge in [0.2, 0.25) is 5.91 Å². The SMILES string of the molecule is CCC(NC1CCN(C(=O)C2CCCCC2)C1)C(=O)OC. The van der Waals surface area contributed by atoms with E-state index in [2.05, 4.69) is 5.32 Å². The summed E-state index contributed by atoms with van der Waals surface area (Å²) < 4.78 is 4.80. The summed E-state index contributed by atoms with van der Waals surface area (Å²) in [6.45, 7) is 3.50. The largest absolute Gasteiger partial charge is 0.468 e. The fourth-order valence-corrected chi connectivity index (χ4v) is 3.48. The standard InChI is InChI=1S/C16H28N2O3/c1-3-14(16(20)21-2)17-13-9-10-18(11-13)15(19)12-7-5-4-6-8-12/h12-14,17H,3-11H2,1-2H3. The number of likely N-dealkylation sites (tertiary alicyclic amines) is 1. The maximum absolute atomic E-state index is 12.5. The van der Waals surface area contributed by atoms with Crippen molar-refractivity contribution in [1.82, 2.24) is 10.2 Å². The molecule has 2 aliphatic rings. The maximum Gasteiger partial charge on any atom is 0.322 e. The highest BCUT2D eigenvalue weighted by molar-refractivity contribution is 5.79. The summed E-state index contributed by atoms with van der Waals surface area (Å²) in [6, 6.07) is -0.0497. The number of nitrogens with one attached hydrogen (secondary N) is 1. The monoisotopic (exact) mass is 296 g/mol. The Morgan fingerprint density at radius 3 is 2.57 bits per heavy atom. The number of amides is 1. The molecule has 5 heteroatoms. The molecule has 0 aromatic rings. The molecule has 5 nitrogen and oxygen atoms in total. The Bertz CT molecular complexity index is 367. The van der Waals surface area contributed by atoms with E-state index < -0.39 is 0 Å². The molecule has 21 heavy (non-hydrogen) atoms. The minimum absolute atomic E-state index is 0.210. The minimum atomic E-state index is -0.260. The smallest absolute Gasteiger partial charge is 0.322 e. The Hall–Kier alpha value is -1.10. The van der Waals surface area contributed by atoms with Gasteiger partial charge in [-0.15, -0.1) is 0 Å². The summed E-state index contributed by atoms with van der Waals surface area (Å²) in [4.78, 5) is 26.1. The van der Waals surface area contributed by atoms with E-state index in [4.69, 9.17) is 4.74 Å². The van der Waals surface area contributed by atoms with Crippen molar-refractivity contribution in [2.45, 2.75) is 64.0 Å². The zero-order valence-corrected chi connectivity index (χ0v) is 13.3. The van der Waals surface area contributed by atoms with E-state index in [-0.39, 0.29) is 24.0 Å². The molecule has 1 aliphatic carbocycles. The zero-order valence-electron chi connectivity index (χ0n) is 13.3. The van der Waals surface area contributed by atoms with Gasteiger partial charge in [-0.1, -0.05) is 26.2 Å². The number of methoxy groups -OCH3 is 1. The number of carbonyl (C=O) groups is 2. The number of carbonyl (C=O) groups excluding carboxylic acids is 2. The summed E-state index contributed by atoms with van der Waals surface area (Å²) in [5, 5.41) is 3.34. The van der Waals surface area contributed by atoms with E-state index in [9.17, 15) is 9.59 Å². The third kappa shape index (κ3) is 4.19. The van der Waals surface area contributed by atoms with E-state index in [0.717, 1.165) is 32.4 Å². The van der Waals surface area contributed by atoms with E-state index in [1.807, 2.05) is 11.8 Å². The predicted octanol–water partition coefficient (Wildman–Crippen LogP) is 1.71. The molecule has 1 saturated heterocycles. The van der Waals surface area contributed by atoms with E-state index in [0.29, 0.717) is 12.3 Å². The summed E-state index contributed by atoms with van der Waals surface area (Å²) in [5.74, 6) is 0.347. The second kappa shape index (κ2) is 7.78. The number of rotatable bonds is 5. The molecule has 1 amide bonds. The lowest BCUT2D eigenvalue weighted by atomic mass is 9.88. The van der Waals surface area contributed by atoms with Crippen LogP contribution in [0.25, 0.3) is 0 Å². The lowest BCUT2D eigenvalue weighted by Gasteiger charge is -2.26. The molecule has 0 spiro atoms. The quantitative estimate of drug-likeness (QED) is 0.785. The van der Waals surface area contributed by atoms with E-state index in [1.54, 1.807) is 0 Å². The van der Waals surface area contributed by atoms with Crippen molar-refractivity contribution in [2.75, 3.05) is 20.2 Å². The van der Waals surface area contributed by atoms with Gasteiger partial charge in [0, 0.05) is 25.0 Å². The normalized spacial score (nSPS) is 24.9. The first-order chi connectivity index (χ1) is 10.2. The first kappa shape index (κ1) is 16.3. The molecule has 1 heterocycles. The molecule has 0 aromatic heterocycles. The van der Waals surface area contributed by atoms with Crippen LogP contribution in [-0.2, 0) is 14.3 Å². The summed E-state index contributed by atoms with van der Waals surface area (Å²) in [6.07, 6.45) is 7.37. The molecule has 1 aliphatic heterocycles. The first-order valence-electron chi connectivity index (χ1n) is 8.28. The molecule has 2 unspecified atom stereocenters. The Morgan fingerprint density at radius 1 is 1.24 bits per heavy atom. The second-order valence-corrected chi connectivity index (χ2v) is 6.26. The van der Waals surface area contributed by atoms with Crippen LogP contribution in [0, 0.1) is 5.92 Å². The highest BCUT2D eigenvalue weighted by Crippen LogP contribution is 2.26. The van der Waals surface area contributed by atoms with Crippen LogP contribution in [-0.4, -0.2) is 49.1 Å². The van der Waals surface area contributed by atoms with Gasteiger partial charge in [-0.3, -0.25) is 14.9 Å². The van der Waals surface area contributed by atoms with E-state index >= 15 is 0 Å². The molecular weight excluding hydrogens is 268 g/mol. The number of hydrogen-bond donors (Lipinski definition) is 1. The number of nitrogens with zero attached hydrogens (tertiary/aromatic N) is 1. The molecule has 2 rings (SSSR count). The Morgan fingerprint density at radius 2 is 1.95 bits per heavy atom. The van der Waals surface area contributed by atoms with Gasteiger partial charge in [0.25, 0.3) is 0 Å². The minimum Gasteiger partial charge on any atom is -0.468 e. The maximum atomic E-state index is 12.5. The van der Waals surface area contributed by atoms with Gasteiger partial charge in [-0.05, 0) is 25.7 Å². The third-order valence-electron chi connectivity index (χ3n) is 4.79. The number of ether oxygens (including phenoxy) is 1. The van der Waals surface area contributed by atoms with Crippen LogP contribution in [0.3, 0.4) is 0 Å². The van der Waals surface area contributed by atoms with Gasteiger partial charge < -0.3 is 9.64 Å². The van der Waals surface area contributed by atoms with Crippen molar-refractivity contribution >= 4 is 11.9 Å². The van der Waals surface area contributed by atoms with Gasteiger partial charge in [0.1, 0.15) is 6.04 Å². The van der Waals surface area contributed by atoms with Crippen molar-refractivity contribution in [3.8, 4) is 0 Å². The van der Waals surface area contributed by atoms with Crippen LogP contribution in [0.2, 0.25) is 0 Å². The highest BCUT2D eigenvalue weighted by atomic mass is 16.5. The van der Waals surface area contributed by atoms with Crippen LogP contribution in [0.1, 0.15) is 51.9 Å². The zero-order chi connectivity index (χ0) is 15.2. The van der Waals surface area contributed by atoms with Gasteiger partial charge in [0.05, 0.1) is 7.11 Å². The fourth-order valence-electron chi connectivity index (χ4n) is 3.48. The summed E-state index contributed by atoms with van der Waals surface area (Å²) in [5.41, 5.74) is 0. The molecule has 2 atom stereocenters. The lowest BCUT2D eigenvalue weighted by Crippen LogP contribution is -2.45. The topological polar surface area (TPSA) is 58.6 Å². The summed E-state index contributed by atoms with van der Waals surface area (Å²) in [7, 11) is 1.42. The lowest BCUT2D eigenvalue weighted by molar-refractivity contribution is -0.143. The summed E-state index contributed by atoms with van der Waals surface area (Å²) >= 11 is 0. The van der Waals surface area contributed by atoms with Crippen molar-refractivity contribution in [1.29, 1.82) is 0 Å². The van der Waals surface area contributed by atoms with Crippen LogP contribution in [0.15, 0.2) is 0 Å². The van der Waals surface area contributed by atoms with Crippen molar-refractivity contribution in [3.63, 3.8) is 0 Å². The Kier molecular flexibility index (Phi) is 6.03. The second-order valence-electron chi connectivity index (χ2n) is 6.26. The van der Waals surface area contributed by atoms with E-state index in [1.165, 1.54) is 26.4 Å². The van der Waals surface area contributed by atoms with Crippen LogP contribution in [0.5, 0.6) is 0 Å².